The molecule has 0 aliphatic rings. The van der Waals surface area contributed by atoms with Gasteiger partial charge in [0.1, 0.15) is 0 Å². The third kappa shape index (κ3) is 6.65. The molecule has 3 N–H and O–H groups in total. The third-order valence-corrected chi connectivity index (χ3v) is 3.42. The highest BCUT2D eigenvalue weighted by molar-refractivity contribution is 7.10. The van der Waals surface area contributed by atoms with E-state index in [0.29, 0.717) is 32.7 Å². The lowest BCUT2D eigenvalue weighted by Gasteiger charge is -2.07. The number of hydrogen-bond acceptors (Lipinski definition) is 5. The van der Waals surface area contributed by atoms with Gasteiger partial charge in [0.2, 0.25) is 11.8 Å². The zero-order valence-electron chi connectivity index (χ0n) is 11.8. The van der Waals surface area contributed by atoms with Gasteiger partial charge in [0.05, 0.1) is 12.3 Å². The van der Waals surface area contributed by atoms with Gasteiger partial charge in [0.15, 0.2) is 0 Å². The number of ether oxygens (including phenoxy) is 1. The van der Waals surface area contributed by atoms with Crippen LogP contribution in [-0.4, -0.2) is 38.6 Å². The molecule has 0 aliphatic carbocycles. The molecule has 7 heteroatoms. The summed E-state index contributed by atoms with van der Waals surface area (Å²) in [4.78, 5) is 23.5. The molecule has 0 fully saturated rings. The van der Waals surface area contributed by atoms with Crippen molar-refractivity contribution in [2.45, 2.75) is 19.9 Å². The minimum atomic E-state index is -0.0813. The normalized spacial score (nSPS) is 10.3. The zero-order valence-corrected chi connectivity index (χ0v) is 12.6. The summed E-state index contributed by atoms with van der Waals surface area (Å²) in [5.41, 5.74) is 0.833. The molecule has 1 aromatic rings. The van der Waals surface area contributed by atoms with E-state index >= 15 is 0 Å². The third-order valence-electron chi connectivity index (χ3n) is 2.50. The molecule has 2 amide bonds. The molecule has 0 spiro atoms. The van der Waals surface area contributed by atoms with Crippen LogP contribution in [0.1, 0.15) is 18.2 Å². The molecule has 0 saturated carbocycles. The molecular weight excluding hydrogens is 278 g/mol. The van der Waals surface area contributed by atoms with Crippen LogP contribution in [0.4, 0.5) is 5.69 Å². The lowest BCUT2D eigenvalue weighted by atomic mass is 10.3. The van der Waals surface area contributed by atoms with Crippen LogP contribution in [0.3, 0.4) is 0 Å². The Morgan fingerprint density at radius 3 is 2.85 bits per heavy atom. The predicted octanol–water partition coefficient (Wildman–Crippen LogP) is 0.949. The average molecular weight is 299 g/mol. The standard InChI is InChI=1S/C13H21N3O3S/c1-10(17)16-11-4-8-20-12(11)9-14-5-3-13(18)15-6-7-19-2/h4,8,14H,3,5-7,9H2,1-2H3,(H,15,18)(H,16,17). The SMILES string of the molecule is COCCNC(=O)CCNCc1sccc1NC(C)=O. The van der Waals surface area contributed by atoms with E-state index < -0.39 is 0 Å². The fourth-order valence-electron chi connectivity index (χ4n) is 1.56. The van der Waals surface area contributed by atoms with Crippen molar-refractivity contribution < 1.29 is 14.3 Å². The minimum absolute atomic E-state index is 0.00261. The largest absolute Gasteiger partial charge is 0.383 e. The number of nitrogens with one attached hydrogen (secondary N) is 3. The van der Waals surface area contributed by atoms with Gasteiger partial charge in [-0.1, -0.05) is 0 Å². The van der Waals surface area contributed by atoms with Crippen molar-refractivity contribution in [3.05, 3.63) is 16.3 Å². The number of amides is 2. The second kappa shape index (κ2) is 9.46. The first-order chi connectivity index (χ1) is 9.63. The van der Waals surface area contributed by atoms with Crippen LogP contribution in [-0.2, 0) is 20.9 Å². The van der Waals surface area contributed by atoms with Gasteiger partial charge in [-0.05, 0) is 11.4 Å². The molecule has 6 nitrogen and oxygen atoms in total. The fraction of sp³-hybridized carbons (Fsp3) is 0.538. The van der Waals surface area contributed by atoms with E-state index in [4.69, 9.17) is 4.74 Å². The highest BCUT2D eigenvalue weighted by atomic mass is 32.1. The van der Waals surface area contributed by atoms with E-state index in [1.54, 1.807) is 18.4 Å². The molecular formula is C13H21N3O3S. The summed E-state index contributed by atoms with van der Waals surface area (Å²) in [6, 6.07) is 1.88. The summed E-state index contributed by atoms with van der Waals surface area (Å²) >= 11 is 1.57. The number of methoxy groups -OCH3 is 1. The van der Waals surface area contributed by atoms with Gasteiger partial charge in [0, 0.05) is 45.0 Å². The first-order valence-electron chi connectivity index (χ1n) is 6.43. The molecule has 0 radical (unpaired) electrons. The van der Waals surface area contributed by atoms with Crippen molar-refractivity contribution in [1.29, 1.82) is 0 Å². The topological polar surface area (TPSA) is 79.5 Å². The van der Waals surface area contributed by atoms with Crippen LogP contribution in [0.25, 0.3) is 0 Å². The van der Waals surface area contributed by atoms with E-state index in [9.17, 15) is 9.59 Å². The maximum atomic E-state index is 11.4. The number of carbonyl (C=O) groups is 2. The Kier molecular flexibility index (Phi) is 7.86. The minimum Gasteiger partial charge on any atom is -0.383 e. The molecule has 0 aliphatic heterocycles. The van der Waals surface area contributed by atoms with Crippen molar-refractivity contribution in [1.82, 2.24) is 10.6 Å². The summed E-state index contributed by atoms with van der Waals surface area (Å²) in [5.74, 6) is -0.0787. The second-order valence-electron chi connectivity index (χ2n) is 4.21. The monoisotopic (exact) mass is 299 g/mol. The summed E-state index contributed by atoms with van der Waals surface area (Å²) in [7, 11) is 1.60. The van der Waals surface area contributed by atoms with E-state index in [2.05, 4.69) is 16.0 Å². The Hall–Kier alpha value is -1.44. The summed E-state index contributed by atoms with van der Waals surface area (Å²) in [5, 5.41) is 10.7. The van der Waals surface area contributed by atoms with E-state index in [0.717, 1.165) is 10.6 Å². The smallest absolute Gasteiger partial charge is 0.221 e. The molecule has 1 rings (SSSR count). The van der Waals surface area contributed by atoms with Crippen molar-refractivity contribution in [3.63, 3.8) is 0 Å². The fourth-order valence-corrected chi connectivity index (χ4v) is 2.36. The number of hydrogen-bond donors (Lipinski definition) is 3. The lowest BCUT2D eigenvalue weighted by Crippen LogP contribution is -2.29. The van der Waals surface area contributed by atoms with Crippen LogP contribution < -0.4 is 16.0 Å². The van der Waals surface area contributed by atoms with Crippen LogP contribution in [0, 0.1) is 0 Å². The van der Waals surface area contributed by atoms with Gasteiger partial charge in [-0.15, -0.1) is 11.3 Å². The second-order valence-corrected chi connectivity index (χ2v) is 5.21. The molecule has 112 valence electrons. The molecule has 1 heterocycles. The molecule has 0 bridgehead atoms. The summed E-state index contributed by atoms with van der Waals surface area (Å²) in [6.07, 6.45) is 0.421. The number of carbonyl (C=O) groups excluding carboxylic acids is 2. The van der Waals surface area contributed by atoms with E-state index in [1.807, 2.05) is 11.4 Å². The number of anilines is 1. The van der Waals surface area contributed by atoms with Crippen LogP contribution >= 0.6 is 11.3 Å². The average Bonchev–Trinajstić information content (AvgIpc) is 2.81. The summed E-state index contributed by atoms with van der Waals surface area (Å²) < 4.78 is 4.85. The predicted molar refractivity (Wildman–Crippen MR) is 79.8 cm³/mol. The maximum Gasteiger partial charge on any atom is 0.221 e. The molecule has 0 unspecified atom stereocenters. The van der Waals surface area contributed by atoms with Crippen molar-refractivity contribution in [3.8, 4) is 0 Å². The molecule has 0 saturated heterocycles. The Morgan fingerprint density at radius 1 is 1.35 bits per heavy atom. The maximum absolute atomic E-state index is 11.4. The Balaban J connectivity index is 2.19. The Morgan fingerprint density at radius 2 is 2.15 bits per heavy atom. The highest BCUT2D eigenvalue weighted by Gasteiger charge is 2.06. The van der Waals surface area contributed by atoms with Crippen molar-refractivity contribution in [2.24, 2.45) is 0 Å². The van der Waals surface area contributed by atoms with E-state index in [1.165, 1.54) is 6.92 Å². The first kappa shape index (κ1) is 16.6. The van der Waals surface area contributed by atoms with Gasteiger partial charge in [-0.2, -0.15) is 0 Å². The van der Waals surface area contributed by atoms with E-state index in [-0.39, 0.29) is 11.8 Å². The van der Waals surface area contributed by atoms with Crippen LogP contribution in [0.5, 0.6) is 0 Å². The number of rotatable bonds is 9. The summed E-state index contributed by atoms with van der Waals surface area (Å²) in [6.45, 7) is 3.77. The van der Waals surface area contributed by atoms with Gasteiger partial charge < -0.3 is 20.7 Å². The van der Waals surface area contributed by atoms with Gasteiger partial charge in [0.25, 0.3) is 0 Å². The zero-order chi connectivity index (χ0) is 14.8. The molecule has 0 aromatic carbocycles. The Bertz CT molecular complexity index is 434. The molecule has 20 heavy (non-hydrogen) atoms. The first-order valence-corrected chi connectivity index (χ1v) is 7.31. The van der Waals surface area contributed by atoms with Crippen LogP contribution in [0.2, 0.25) is 0 Å². The van der Waals surface area contributed by atoms with Crippen LogP contribution in [0.15, 0.2) is 11.4 Å². The highest BCUT2D eigenvalue weighted by Crippen LogP contribution is 2.21. The van der Waals surface area contributed by atoms with Gasteiger partial charge in [-0.3, -0.25) is 9.59 Å². The van der Waals surface area contributed by atoms with Crippen molar-refractivity contribution >= 4 is 28.8 Å². The van der Waals surface area contributed by atoms with Crippen molar-refractivity contribution in [2.75, 3.05) is 32.1 Å². The molecule has 0 atom stereocenters. The number of thiophene rings is 1. The molecule has 1 aromatic heterocycles. The Labute approximate surface area is 122 Å². The quantitative estimate of drug-likeness (QED) is 0.593. The van der Waals surface area contributed by atoms with Gasteiger partial charge >= 0.3 is 0 Å². The lowest BCUT2D eigenvalue weighted by molar-refractivity contribution is -0.121. The van der Waals surface area contributed by atoms with Gasteiger partial charge in [-0.25, -0.2) is 0 Å².